The van der Waals surface area contributed by atoms with Crippen LogP contribution in [0.5, 0.6) is 0 Å². The molecule has 2 aromatic carbocycles. The number of nitrogens with zero attached hydrogens (tertiary/aromatic N) is 1. The quantitative estimate of drug-likeness (QED) is 0.679. The van der Waals surface area contributed by atoms with Crippen molar-refractivity contribution in [2.45, 2.75) is 0 Å². The number of H-pyrrole nitrogens is 1. The van der Waals surface area contributed by atoms with Gasteiger partial charge in [-0.25, -0.2) is 4.39 Å². The molecule has 3 nitrogen and oxygen atoms in total. The summed E-state index contributed by atoms with van der Waals surface area (Å²) >= 11 is 9.21. The predicted octanol–water partition coefficient (Wildman–Crippen LogP) is 4.88. The van der Waals surface area contributed by atoms with E-state index in [0.717, 1.165) is 22.4 Å². The molecular formula is C15H10BrClFN3. The second kappa shape index (κ2) is 5.50. The van der Waals surface area contributed by atoms with Gasteiger partial charge in [0, 0.05) is 10.6 Å². The first-order valence-electron chi connectivity index (χ1n) is 6.11. The van der Waals surface area contributed by atoms with E-state index in [9.17, 15) is 4.39 Å². The van der Waals surface area contributed by atoms with E-state index in [1.807, 2.05) is 18.2 Å². The molecule has 6 heteroatoms. The van der Waals surface area contributed by atoms with E-state index in [2.05, 4.69) is 26.1 Å². The Morgan fingerprint density at radius 2 is 1.95 bits per heavy atom. The zero-order valence-electron chi connectivity index (χ0n) is 10.7. The minimum atomic E-state index is -0.324. The van der Waals surface area contributed by atoms with E-state index in [4.69, 9.17) is 17.3 Å². The lowest BCUT2D eigenvalue weighted by atomic mass is 10.0. The van der Waals surface area contributed by atoms with Crippen LogP contribution in [0, 0.1) is 5.82 Å². The zero-order chi connectivity index (χ0) is 15.0. The minimum Gasteiger partial charge on any atom is -0.382 e. The van der Waals surface area contributed by atoms with Crippen molar-refractivity contribution in [3.8, 4) is 22.4 Å². The highest BCUT2D eigenvalue weighted by atomic mass is 79.9. The maximum Gasteiger partial charge on any atom is 0.153 e. The molecule has 21 heavy (non-hydrogen) atoms. The molecule has 0 aliphatic heterocycles. The Hall–Kier alpha value is -1.85. The number of hydrogen-bond donors (Lipinski definition) is 2. The number of nitrogens with two attached hydrogens (primary N) is 1. The molecule has 0 spiro atoms. The van der Waals surface area contributed by atoms with Gasteiger partial charge < -0.3 is 5.73 Å². The summed E-state index contributed by atoms with van der Waals surface area (Å²) in [5.74, 6) is 0.0447. The van der Waals surface area contributed by atoms with Gasteiger partial charge in [-0.1, -0.05) is 23.7 Å². The van der Waals surface area contributed by atoms with Crippen LogP contribution in [0.15, 0.2) is 46.9 Å². The fraction of sp³-hybridized carbons (Fsp3) is 0. The molecule has 0 bridgehead atoms. The lowest BCUT2D eigenvalue weighted by molar-refractivity contribution is 0.621. The van der Waals surface area contributed by atoms with Crippen molar-refractivity contribution in [3.05, 3.63) is 57.8 Å². The molecule has 3 aromatic rings. The third-order valence-corrected chi connectivity index (χ3v) is 3.96. The first-order valence-corrected chi connectivity index (χ1v) is 7.28. The monoisotopic (exact) mass is 365 g/mol. The fourth-order valence-corrected chi connectivity index (χ4v) is 2.72. The molecule has 0 atom stereocenters. The number of aromatic amines is 1. The van der Waals surface area contributed by atoms with Crippen molar-refractivity contribution >= 4 is 33.3 Å². The lowest BCUT2D eigenvalue weighted by Gasteiger charge is -2.06. The van der Waals surface area contributed by atoms with Crippen molar-refractivity contribution < 1.29 is 4.39 Å². The van der Waals surface area contributed by atoms with E-state index >= 15 is 0 Å². The van der Waals surface area contributed by atoms with Crippen LogP contribution >= 0.6 is 27.5 Å². The van der Waals surface area contributed by atoms with Gasteiger partial charge in [0.15, 0.2) is 5.82 Å². The molecular weight excluding hydrogens is 357 g/mol. The zero-order valence-corrected chi connectivity index (χ0v) is 13.0. The van der Waals surface area contributed by atoms with Crippen LogP contribution in [0.1, 0.15) is 0 Å². The second-order valence-corrected chi connectivity index (χ2v) is 5.79. The molecule has 1 aromatic heterocycles. The van der Waals surface area contributed by atoms with Crippen molar-refractivity contribution in [2.24, 2.45) is 0 Å². The normalized spacial score (nSPS) is 10.8. The molecule has 0 fully saturated rings. The van der Waals surface area contributed by atoms with Gasteiger partial charge in [-0.3, -0.25) is 5.10 Å². The Kier molecular flexibility index (Phi) is 3.69. The number of nitrogens with one attached hydrogen (secondary N) is 1. The number of halogens is 3. The molecule has 0 amide bonds. The molecule has 0 aliphatic rings. The van der Waals surface area contributed by atoms with Crippen LogP contribution < -0.4 is 5.73 Å². The van der Waals surface area contributed by atoms with Gasteiger partial charge in [-0.2, -0.15) is 5.10 Å². The molecule has 106 valence electrons. The van der Waals surface area contributed by atoms with E-state index in [0.29, 0.717) is 15.3 Å². The summed E-state index contributed by atoms with van der Waals surface area (Å²) in [6, 6.07) is 12.1. The Morgan fingerprint density at radius 1 is 1.14 bits per heavy atom. The lowest BCUT2D eigenvalue weighted by Crippen LogP contribution is -1.89. The highest BCUT2D eigenvalue weighted by Crippen LogP contribution is 2.36. The summed E-state index contributed by atoms with van der Waals surface area (Å²) in [5.41, 5.74) is 9.05. The fourth-order valence-electron chi connectivity index (χ4n) is 2.15. The topological polar surface area (TPSA) is 54.7 Å². The first kappa shape index (κ1) is 14.1. The van der Waals surface area contributed by atoms with Crippen LogP contribution in [0.25, 0.3) is 22.4 Å². The van der Waals surface area contributed by atoms with Crippen molar-refractivity contribution in [1.82, 2.24) is 10.2 Å². The van der Waals surface area contributed by atoms with Crippen LogP contribution in [-0.2, 0) is 0 Å². The summed E-state index contributed by atoms with van der Waals surface area (Å²) in [6.45, 7) is 0. The Labute approximate surface area is 134 Å². The van der Waals surface area contributed by atoms with Crippen LogP contribution in [-0.4, -0.2) is 10.2 Å². The standard InChI is InChI=1S/C15H10BrClFN3/c16-11-7-9(4-5-12(11)18)14-13(15(19)21-20-14)8-2-1-3-10(17)6-8/h1-7H,(H3,19,20,21). The average molecular weight is 367 g/mol. The third kappa shape index (κ3) is 2.66. The SMILES string of the molecule is Nc1n[nH]c(-c2ccc(F)c(Br)c2)c1-c1cccc(Cl)c1. The smallest absolute Gasteiger partial charge is 0.153 e. The number of rotatable bonds is 2. The second-order valence-electron chi connectivity index (χ2n) is 4.50. The highest BCUT2D eigenvalue weighted by Gasteiger charge is 2.16. The molecule has 1 heterocycles. The van der Waals surface area contributed by atoms with Gasteiger partial charge in [-0.15, -0.1) is 0 Å². The van der Waals surface area contributed by atoms with Gasteiger partial charge in [-0.05, 0) is 51.8 Å². The first-order chi connectivity index (χ1) is 10.1. The number of benzene rings is 2. The highest BCUT2D eigenvalue weighted by molar-refractivity contribution is 9.10. The minimum absolute atomic E-state index is 0.324. The summed E-state index contributed by atoms with van der Waals surface area (Å²) in [7, 11) is 0. The van der Waals surface area contributed by atoms with Crippen molar-refractivity contribution in [3.63, 3.8) is 0 Å². The molecule has 0 saturated carbocycles. The van der Waals surface area contributed by atoms with E-state index in [1.165, 1.54) is 6.07 Å². The molecule has 3 rings (SSSR count). The molecule has 0 saturated heterocycles. The van der Waals surface area contributed by atoms with Gasteiger partial charge in [0.1, 0.15) is 5.82 Å². The van der Waals surface area contributed by atoms with Crippen molar-refractivity contribution in [2.75, 3.05) is 5.73 Å². The number of aromatic nitrogens is 2. The van der Waals surface area contributed by atoms with E-state index < -0.39 is 0 Å². The van der Waals surface area contributed by atoms with Gasteiger partial charge in [0.2, 0.25) is 0 Å². The predicted molar refractivity (Wildman–Crippen MR) is 86.5 cm³/mol. The molecule has 0 radical (unpaired) electrons. The summed E-state index contributed by atoms with van der Waals surface area (Å²) in [5, 5.41) is 7.56. The van der Waals surface area contributed by atoms with Crippen molar-refractivity contribution in [1.29, 1.82) is 0 Å². The Morgan fingerprint density at radius 3 is 2.67 bits per heavy atom. The van der Waals surface area contributed by atoms with Gasteiger partial charge >= 0.3 is 0 Å². The Balaban J connectivity index is 2.19. The van der Waals surface area contributed by atoms with Crippen LogP contribution in [0.2, 0.25) is 5.02 Å². The molecule has 3 N–H and O–H groups in total. The van der Waals surface area contributed by atoms with Crippen LogP contribution in [0.3, 0.4) is 0 Å². The number of nitrogen functional groups attached to an aromatic ring is 1. The number of anilines is 1. The summed E-state index contributed by atoms with van der Waals surface area (Å²) in [6.07, 6.45) is 0. The maximum atomic E-state index is 13.4. The maximum absolute atomic E-state index is 13.4. The molecule has 0 aliphatic carbocycles. The largest absolute Gasteiger partial charge is 0.382 e. The average Bonchev–Trinajstić information content (AvgIpc) is 2.84. The molecule has 0 unspecified atom stereocenters. The van der Waals surface area contributed by atoms with E-state index in [-0.39, 0.29) is 5.82 Å². The third-order valence-electron chi connectivity index (χ3n) is 3.12. The van der Waals surface area contributed by atoms with E-state index in [1.54, 1.807) is 18.2 Å². The number of hydrogen-bond acceptors (Lipinski definition) is 2. The Bertz CT molecular complexity index is 816. The summed E-state index contributed by atoms with van der Waals surface area (Å²) < 4.78 is 13.8. The van der Waals surface area contributed by atoms with Gasteiger partial charge in [0.05, 0.1) is 15.7 Å². The van der Waals surface area contributed by atoms with Crippen LogP contribution in [0.4, 0.5) is 10.2 Å². The summed E-state index contributed by atoms with van der Waals surface area (Å²) in [4.78, 5) is 0. The van der Waals surface area contributed by atoms with Gasteiger partial charge in [0.25, 0.3) is 0 Å².